The fraction of sp³-hybridized carbons (Fsp3) is 0.619. The van der Waals surface area contributed by atoms with E-state index in [0.717, 1.165) is 18.4 Å². The van der Waals surface area contributed by atoms with E-state index in [4.69, 9.17) is 4.74 Å². The summed E-state index contributed by atoms with van der Waals surface area (Å²) in [5.74, 6) is -2.43. The van der Waals surface area contributed by atoms with Crippen molar-refractivity contribution in [1.29, 1.82) is 0 Å². The van der Waals surface area contributed by atoms with Crippen LogP contribution in [-0.2, 0) is 14.3 Å². The SMILES string of the molecule is CCCCCCCCOC(=O)[C@@H]1[C@H](C)[C@H](C(=O)O)[C@H]1c1ccccc1. The maximum Gasteiger partial charge on any atom is 0.309 e. The van der Waals surface area contributed by atoms with Crippen molar-refractivity contribution in [2.24, 2.45) is 17.8 Å². The molecule has 1 aromatic carbocycles. The van der Waals surface area contributed by atoms with Gasteiger partial charge in [0.25, 0.3) is 0 Å². The summed E-state index contributed by atoms with van der Waals surface area (Å²) in [6, 6.07) is 9.47. The number of esters is 1. The molecule has 0 unspecified atom stereocenters. The van der Waals surface area contributed by atoms with Crippen LogP contribution in [0.25, 0.3) is 0 Å². The van der Waals surface area contributed by atoms with Gasteiger partial charge in [0.1, 0.15) is 0 Å². The van der Waals surface area contributed by atoms with Crippen molar-refractivity contribution < 1.29 is 19.4 Å². The molecule has 1 fully saturated rings. The summed E-state index contributed by atoms with van der Waals surface area (Å²) in [5, 5.41) is 9.50. The Balaban J connectivity index is 1.88. The van der Waals surface area contributed by atoms with Crippen molar-refractivity contribution in [2.45, 2.75) is 58.3 Å². The Morgan fingerprint density at radius 1 is 1.00 bits per heavy atom. The second-order valence-electron chi connectivity index (χ2n) is 7.12. The van der Waals surface area contributed by atoms with Crippen molar-refractivity contribution in [3.05, 3.63) is 35.9 Å². The lowest BCUT2D eigenvalue weighted by molar-refractivity contribution is -0.168. The van der Waals surface area contributed by atoms with Gasteiger partial charge in [0.05, 0.1) is 18.4 Å². The van der Waals surface area contributed by atoms with Crippen molar-refractivity contribution in [2.75, 3.05) is 6.61 Å². The highest BCUT2D eigenvalue weighted by Gasteiger charge is 2.56. The van der Waals surface area contributed by atoms with E-state index < -0.39 is 11.9 Å². The summed E-state index contributed by atoms with van der Waals surface area (Å²) in [7, 11) is 0. The van der Waals surface area contributed by atoms with Gasteiger partial charge in [0, 0.05) is 5.92 Å². The molecule has 0 amide bonds. The fourth-order valence-corrected chi connectivity index (χ4v) is 3.94. The molecule has 1 N–H and O–H groups in total. The number of hydrogen-bond donors (Lipinski definition) is 1. The maximum absolute atomic E-state index is 12.5. The van der Waals surface area contributed by atoms with E-state index in [0.29, 0.717) is 6.61 Å². The molecular weight excluding hydrogens is 316 g/mol. The molecule has 4 atom stereocenters. The first-order chi connectivity index (χ1) is 12.1. The van der Waals surface area contributed by atoms with Gasteiger partial charge in [-0.2, -0.15) is 0 Å². The Morgan fingerprint density at radius 2 is 1.64 bits per heavy atom. The molecule has 1 aliphatic carbocycles. The monoisotopic (exact) mass is 346 g/mol. The van der Waals surface area contributed by atoms with Crippen LogP contribution in [0.15, 0.2) is 30.3 Å². The first kappa shape index (κ1) is 19.5. The summed E-state index contributed by atoms with van der Waals surface area (Å²) in [5.41, 5.74) is 0.912. The van der Waals surface area contributed by atoms with Crippen molar-refractivity contribution >= 4 is 11.9 Å². The molecular formula is C21H30O4. The van der Waals surface area contributed by atoms with Gasteiger partial charge in [-0.3, -0.25) is 9.59 Å². The van der Waals surface area contributed by atoms with E-state index in [1.807, 2.05) is 37.3 Å². The largest absolute Gasteiger partial charge is 0.481 e. The number of carbonyl (C=O) groups excluding carboxylic acids is 1. The normalized spacial score (nSPS) is 25.2. The van der Waals surface area contributed by atoms with Crippen LogP contribution in [0.2, 0.25) is 0 Å². The van der Waals surface area contributed by atoms with E-state index in [1.165, 1.54) is 25.7 Å². The van der Waals surface area contributed by atoms with Crippen molar-refractivity contribution in [1.82, 2.24) is 0 Å². The molecule has 2 rings (SSSR count). The molecule has 138 valence electrons. The lowest BCUT2D eigenvalue weighted by Crippen LogP contribution is -2.51. The first-order valence-electron chi connectivity index (χ1n) is 9.52. The number of ether oxygens (including phenoxy) is 1. The Labute approximate surface area is 150 Å². The van der Waals surface area contributed by atoms with Crippen LogP contribution in [0.4, 0.5) is 0 Å². The van der Waals surface area contributed by atoms with Crippen molar-refractivity contribution in [3.8, 4) is 0 Å². The minimum absolute atomic E-state index is 0.195. The average Bonchev–Trinajstić information content (AvgIpc) is 2.59. The minimum atomic E-state index is -0.832. The molecule has 0 heterocycles. The highest BCUT2D eigenvalue weighted by molar-refractivity contribution is 5.82. The summed E-state index contributed by atoms with van der Waals surface area (Å²) < 4.78 is 5.47. The predicted octanol–water partition coefficient (Wildman–Crippen LogP) is 4.64. The molecule has 4 nitrogen and oxygen atoms in total. The van der Waals surface area contributed by atoms with Gasteiger partial charge >= 0.3 is 11.9 Å². The van der Waals surface area contributed by atoms with E-state index in [1.54, 1.807) is 0 Å². The van der Waals surface area contributed by atoms with Crippen LogP contribution in [0, 0.1) is 17.8 Å². The van der Waals surface area contributed by atoms with Gasteiger partial charge in [-0.1, -0.05) is 76.3 Å². The van der Waals surface area contributed by atoms with E-state index in [-0.39, 0.29) is 23.7 Å². The van der Waals surface area contributed by atoms with Gasteiger partial charge in [0.15, 0.2) is 0 Å². The quantitative estimate of drug-likeness (QED) is 0.495. The van der Waals surface area contributed by atoms with Gasteiger partial charge in [0.2, 0.25) is 0 Å². The second-order valence-corrected chi connectivity index (χ2v) is 7.12. The smallest absolute Gasteiger partial charge is 0.309 e. The number of carbonyl (C=O) groups is 2. The fourth-order valence-electron chi connectivity index (χ4n) is 3.94. The maximum atomic E-state index is 12.5. The third-order valence-corrected chi connectivity index (χ3v) is 5.39. The highest BCUT2D eigenvalue weighted by atomic mass is 16.5. The first-order valence-corrected chi connectivity index (χ1v) is 9.52. The molecule has 0 bridgehead atoms. The zero-order chi connectivity index (χ0) is 18.2. The average molecular weight is 346 g/mol. The van der Waals surface area contributed by atoms with E-state index in [2.05, 4.69) is 6.92 Å². The van der Waals surface area contributed by atoms with Gasteiger partial charge < -0.3 is 9.84 Å². The Hall–Kier alpha value is -1.84. The molecule has 25 heavy (non-hydrogen) atoms. The topological polar surface area (TPSA) is 63.6 Å². The van der Waals surface area contributed by atoms with Gasteiger partial charge in [-0.15, -0.1) is 0 Å². The molecule has 1 aliphatic rings. The standard InChI is InChI=1S/C21H30O4/c1-3-4-5-6-7-11-14-25-21(24)18-15(2)17(20(22)23)19(18)16-12-9-8-10-13-16/h8-10,12-13,15,17-19H,3-7,11,14H2,1-2H3,(H,22,23)/t15-,17+,18-,19-/m1/s1. The third-order valence-electron chi connectivity index (χ3n) is 5.39. The van der Waals surface area contributed by atoms with Crippen LogP contribution >= 0.6 is 0 Å². The molecule has 0 saturated heterocycles. The lowest BCUT2D eigenvalue weighted by atomic mass is 9.55. The molecule has 0 radical (unpaired) electrons. The zero-order valence-corrected chi connectivity index (χ0v) is 15.3. The number of hydrogen-bond acceptors (Lipinski definition) is 3. The third kappa shape index (κ3) is 4.83. The van der Waals surface area contributed by atoms with Crippen LogP contribution in [0.5, 0.6) is 0 Å². The number of carboxylic acid groups (broad SMARTS) is 1. The van der Waals surface area contributed by atoms with Gasteiger partial charge in [-0.25, -0.2) is 0 Å². The van der Waals surface area contributed by atoms with Crippen LogP contribution in [0.1, 0.15) is 63.9 Å². The Kier molecular flexibility index (Phi) is 7.48. The second kappa shape index (κ2) is 9.59. The number of aliphatic carboxylic acids is 1. The van der Waals surface area contributed by atoms with Crippen LogP contribution < -0.4 is 0 Å². The molecule has 0 spiro atoms. The van der Waals surface area contributed by atoms with Crippen LogP contribution in [-0.4, -0.2) is 23.7 Å². The number of carboxylic acids is 1. The van der Waals surface area contributed by atoms with E-state index in [9.17, 15) is 14.7 Å². The summed E-state index contributed by atoms with van der Waals surface area (Å²) in [6.45, 7) is 4.47. The highest BCUT2D eigenvalue weighted by Crippen LogP contribution is 2.52. The molecule has 1 aromatic rings. The summed E-state index contributed by atoms with van der Waals surface area (Å²) in [6.07, 6.45) is 6.86. The molecule has 0 aliphatic heterocycles. The Bertz CT molecular complexity index is 554. The van der Waals surface area contributed by atoms with Gasteiger partial charge in [-0.05, 0) is 17.9 Å². The summed E-state index contributed by atoms with van der Waals surface area (Å²) >= 11 is 0. The number of benzene rings is 1. The predicted molar refractivity (Wildman–Crippen MR) is 97.3 cm³/mol. The number of unbranched alkanes of at least 4 members (excludes halogenated alkanes) is 5. The van der Waals surface area contributed by atoms with E-state index >= 15 is 0 Å². The van der Waals surface area contributed by atoms with Crippen LogP contribution in [0.3, 0.4) is 0 Å². The molecule has 0 aromatic heterocycles. The molecule has 4 heteroatoms. The molecule has 1 saturated carbocycles. The number of rotatable bonds is 10. The Morgan fingerprint density at radius 3 is 2.28 bits per heavy atom. The zero-order valence-electron chi connectivity index (χ0n) is 15.3. The lowest BCUT2D eigenvalue weighted by Gasteiger charge is -2.47. The minimum Gasteiger partial charge on any atom is -0.481 e. The van der Waals surface area contributed by atoms with Crippen molar-refractivity contribution in [3.63, 3.8) is 0 Å². The summed E-state index contributed by atoms with van der Waals surface area (Å²) in [4.78, 5) is 24.1.